The number of alkyl halides is 5. The number of halogens is 5. The summed E-state index contributed by atoms with van der Waals surface area (Å²) in [5.41, 5.74) is 4.42. The van der Waals surface area contributed by atoms with Crippen LogP contribution in [0, 0.1) is 0 Å². The molecule has 1 atom stereocenters. The van der Waals surface area contributed by atoms with Crippen LogP contribution < -0.4 is 5.73 Å². The molecule has 0 bridgehead atoms. The van der Waals surface area contributed by atoms with E-state index in [4.69, 9.17) is 5.11 Å². The quantitative estimate of drug-likeness (QED) is 0.606. The highest BCUT2D eigenvalue weighted by atomic mass is 19.4. The molecular formula is C4H6F5NO. The van der Waals surface area contributed by atoms with Crippen LogP contribution in [0.15, 0.2) is 0 Å². The second-order valence-electron chi connectivity index (χ2n) is 1.87. The lowest BCUT2D eigenvalue weighted by Crippen LogP contribution is -2.50. The lowest BCUT2D eigenvalue weighted by Gasteiger charge is -2.23. The first-order valence-corrected chi connectivity index (χ1v) is 2.56. The van der Waals surface area contributed by atoms with Crippen molar-refractivity contribution in [2.24, 2.45) is 5.73 Å². The third kappa shape index (κ3) is 2.00. The van der Waals surface area contributed by atoms with Crippen molar-refractivity contribution in [3.63, 3.8) is 0 Å². The van der Waals surface area contributed by atoms with Gasteiger partial charge in [0, 0.05) is 6.54 Å². The second-order valence-corrected chi connectivity index (χ2v) is 1.87. The van der Waals surface area contributed by atoms with Crippen molar-refractivity contribution in [2.45, 2.75) is 18.2 Å². The van der Waals surface area contributed by atoms with E-state index in [9.17, 15) is 22.0 Å². The Morgan fingerprint density at radius 3 is 1.64 bits per heavy atom. The van der Waals surface area contributed by atoms with Crippen LogP contribution in [0.1, 0.15) is 0 Å². The molecule has 0 aliphatic carbocycles. The maximum Gasteiger partial charge on any atom is 0.456 e. The van der Waals surface area contributed by atoms with Crippen molar-refractivity contribution in [3.8, 4) is 0 Å². The highest BCUT2D eigenvalue weighted by molar-refractivity contribution is 4.84. The standard InChI is InChI=1S/C4H6F5NO/c5-3(6,2(11)1-10)4(7,8)9/h2,11H,1,10H2. The van der Waals surface area contributed by atoms with E-state index in [0.29, 0.717) is 0 Å². The van der Waals surface area contributed by atoms with Gasteiger partial charge in [-0.25, -0.2) is 0 Å². The summed E-state index contributed by atoms with van der Waals surface area (Å²) in [5, 5.41) is 8.13. The molecule has 0 amide bonds. The summed E-state index contributed by atoms with van der Waals surface area (Å²) in [4.78, 5) is 0. The first-order chi connectivity index (χ1) is 4.73. The number of nitrogens with two attached hydrogens (primary N) is 1. The van der Waals surface area contributed by atoms with Gasteiger partial charge in [0.25, 0.3) is 0 Å². The van der Waals surface area contributed by atoms with Gasteiger partial charge < -0.3 is 10.8 Å². The molecule has 0 aromatic carbocycles. The maximum absolute atomic E-state index is 11.9. The maximum atomic E-state index is 11.9. The van der Waals surface area contributed by atoms with Gasteiger partial charge in [0.15, 0.2) is 0 Å². The van der Waals surface area contributed by atoms with E-state index >= 15 is 0 Å². The molecule has 68 valence electrons. The van der Waals surface area contributed by atoms with Gasteiger partial charge in [0.05, 0.1) is 0 Å². The van der Waals surface area contributed by atoms with Crippen LogP contribution in [0.5, 0.6) is 0 Å². The molecule has 0 aliphatic rings. The van der Waals surface area contributed by atoms with Crippen LogP contribution in [0.2, 0.25) is 0 Å². The van der Waals surface area contributed by atoms with Crippen LogP contribution >= 0.6 is 0 Å². The molecule has 7 heteroatoms. The molecular weight excluding hydrogens is 173 g/mol. The smallest absolute Gasteiger partial charge is 0.385 e. The van der Waals surface area contributed by atoms with E-state index in [1.165, 1.54) is 0 Å². The van der Waals surface area contributed by atoms with E-state index in [-0.39, 0.29) is 0 Å². The fourth-order valence-corrected chi connectivity index (χ4v) is 0.337. The molecule has 0 saturated heterocycles. The number of aliphatic hydroxyl groups is 1. The second kappa shape index (κ2) is 2.90. The fraction of sp³-hybridized carbons (Fsp3) is 1.00. The van der Waals surface area contributed by atoms with E-state index in [0.717, 1.165) is 0 Å². The summed E-state index contributed by atoms with van der Waals surface area (Å²) in [6, 6.07) is 0. The van der Waals surface area contributed by atoms with Crippen molar-refractivity contribution < 1.29 is 27.1 Å². The predicted octanol–water partition coefficient (Wildman–Crippen LogP) is 0.504. The topological polar surface area (TPSA) is 46.2 Å². The summed E-state index contributed by atoms with van der Waals surface area (Å²) in [6.45, 7) is -1.13. The minimum Gasteiger partial charge on any atom is -0.385 e. The molecule has 3 N–H and O–H groups in total. The van der Waals surface area contributed by atoms with E-state index in [2.05, 4.69) is 5.73 Å². The van der Waals surface area contributed by atoms with Crippen LogP contribution in [-0.2, 0) is 0 Å². The van der Waals surface area contributed by atoms with Crippen molar-refractivity contribution in [1.82, 2.24) is 0 Å². The lowest BCUT2D eigenvalue weighted by atomic mass is 10.2. The van der Waals surface area contributed by atoms with Crippen molar-refractivity contribution in [3.05, 3.63) is 0 Å². The highest BCUT2D eigenvalue weighted by Crippen LogP contribution is 2.37. The van der Waals surface area contributed by atoms with Gasteiger partial charge in [0.1, 0.15) is 6.10 Å². The third-order valence-corrected chi connectivity index (χ3v) is 1.02. The first-order valence-electron chi connectivity index (χ1n) is 2.56. The van der Waals surface area contributed by atoms with Gasteiger partial charge in [-0.2, -0.15) is 22.0 Å². The van der Waals surface area contributed by atoms with Crippen LogP contribution in [0.4, 0.5) is 22.0 Å². The summed E-state index contributed by atoms with van der Waals surface area (Å²) in [5.74, 6) is -5.12. The van der Waals surface area contributed by atoms with Gasteiger partial charge in [0.2, 0.25) is 0 Å². The number of hydrogen-bond donors (Lipinski definition) is 2. The van der Waals surface area contributed by atoms with Gasteiger partial charge >= 0.3 is 12.1 Å². The normalized spacial score (nSPS) is 16.6. The zero-order chi connectivity index (χ0) is 9.28. The molecule has 0 rings (SSSR count). The van der Waals surface area contributed by atoms with E-state index < -0.39 is 24.7 Å². The minimum absolute atomic E-state index is 1.13. The molecule has 2 nitrogen and oxygen atoms in total. The van der Waals surface area contributed by atoms with E-state index in [1.807, 2.05) is 0 Å². The zero-order valence-corrected chi connectivity index (χ0v) is 5.20. The summed E-state index contributed by atoms with van der Waals surface area (Å²) in [6.07, 6.45) is -8.62. The van der Waals surface area contributed by atoms with Gasteiger partial charge in [-0.1, -0.05) is 0 Å². The molecule has 0 aromatic heterocycles. The van der Waals surface area contributed by atoms with E-state index in [1.54, 1.807) is 0 Å². The Kier molecular flexibility index (Phi) is 2.79. The third-order valence-electron chi connectivity index (χ3n) is 1.02. The highest BCUT2D eigenvalue weighted by Gasteiger charge is 2.61. The molecule has 0 aromatic rings. The Morgan fingerprint density at radius 2 is 1.55 bits per heavy atom. The molecule has 0 spiro atoms. The first kappa shape index (κ1) is 10.6. The Morgan fingerprint density at radius 1 is 1.18 bits per heavy atom. The molecule has 0 heterocycles. The SMILES string of the molecule is NCC(O)C(F)(F)C(F)(F)F. The summed E-state index contributed by atoms with van der Waals surface area (Å²) < 4.78 is 57.7. The molecule has 11 heavy (non-hydrogen) atoms. The number of hydrogen-bond acceptors (Lipinski definition) is 2. The summed E-state index contributed by atoms with van der Waals surface area (Å²) >= 11 is 0. The van der Waals surface area contributed by atoms with Crippen molar-refractivity contribution in [2.75, 3.05) is 6.54 Å². The van der Waals surface area contributed by atoms with Gasteiger partial charge in [-0.15, -0.1) is 0 Å². The number of aliphatic hydroxyl groups excluding tert-OH is 1. The van der Waals surface area contributed by atoms with Gasteiger partial charge in [-0.3, -0.25) is 0 Å². The average Bonchev–Trinajstić information content (AvgIpc) is 1.83. The molecule has 0 aliphatic heterocycles. The molecule has 0 saturated carbocycles. The fourth-order valence-electron chi connectivity index (χ4n) is 0.337. The lowest BCUT2D eigenvalue weighted by molar-refractivity contribution is -0.311. The predicted molar refractivity (Wildman–Crippen MR) is 26.1 cm³/mol. The Hall–Kier alpha value is -0.430. The molecule has 0 radical (unpaired) electrons. The summed E-state index contributed by atoms with van der Waals surface area (Å²) in [7, 11) is 0. The zero-order valence-electron chi connectivity index (χ0n) is 5.20. The van der Waals surface area contributed by atoms with Crippen LogP contribution in [0.25, 0.3) is 0 Å². The number of rotatable bonds is 2. The molecule has 0 fully saturated rings. The average molecular weight is 179 g/mol. The Balaban J connectivity index is 4.45. The largest absolute Gasteiger partial charge is 0.456 e. The minimum atomic E-state index is -5.74. The van der Waals surface area contributed by atoms with Crippen LogP contribution in [-0.4, -0.2) is 29.9 Å². The van der Waals surface area contributed by atoms with Crippen molar-refractivity contribution >= 4 is 0 Å². The van der Waals surface area contributed by atoms with Gasteiger partial charge in [-0.05, 0) is 0 Å². The Bertz CT molecular complexity index is 133. The molecule has 1 unspecified atom stereocenters. The van der Waals surface area contributed by atoms with Crippen LogP contribution in [0.3, 0.4) is 0 Å². The monoisotopic (exact) mass is 179 g/mol. The van der Waals surface area contributed by atoms with Crippen molar-refractivity contribution in [1.29, 1.82) is 0 Å². The Labute approximate surface area is 58.8 Å².